The van der Waals surface area contributed by atoms with Crippen molar-refractivity contribution in [2.75, 3.05) is 13.1 Å². The molecule has 0 spiro atoms. The molecule has 8 heteroatoms. The number of hydrogen-bond acceptors (Lipinski definition) is 5. The predicted molar refractivity (Wildman–Crippen MR) is 91.6 cm³/mol. The van der Waals surface area contributed by atoms with E-state index in [0.29, 0.717) is 9.23 Å². The summed E-state index contributed by atoms with van der Waals surface area (Å²) in [7, 11) is 0. The maximum Gasteiger partial charge on any atom is 0.305 e. The zero-order chi connectivity index (χ0) is 16.8. The maximum atomic E-state index is 12.3. The third-order valence-electron chi connectivity index (χ3n) is 2.93. The van der Waals surface area contributed by atoms with Gasteiger partial charge in [0.15, 0.2) is 0 Å². The van der Waals surface area contributed by atoms with E-state index in [-0.39, 0.29) is 25.4 Å². The molecule has 120 valence electrons. The molecule has 2 N–H and O–H groups in total. The SMILES string of the molecule is O=C(O)CCNC(=O)CN1C(=O)C(=Cc2ccccc2)SC1=S. The van der Waals surface area contributed by atoms with Crippen LogP contribution in [0, 0.1) is 0 Å². The fourth-order valence-electron chi connectivity index (χ4n) is 1.85. The normalized spacial score (nSPS) is 16.0. The number of thiocarbonyl (C=S) groups is 1. The Hall–Kier alpha value is -2.19. The lowest BCUT2D eigenvalue weighted by Gasteiger charge is -2.13. The summed E-state index contributed by atoms with van der Waals surface area (Å²) in [5.41, 5.74) is 0.874. The van der Waals surface area contributed by atoms with Crippen molar-refractivity contribution in [2.24, 2.45) is 0 Å². The molecule has 1 aliphatic heterocycles. The average Bonchev–Trinajstić information content (AvgIpc) is 2.75. The van der Waals surface area contributed by atoms with Gasteiger partial charge in [-0.3, -0.25) is 19.3 Å². The molecule has 1 aliphatic rings. The first-order valence-electron chi connectivity index (χ1n) is 6.76. The second kappa shape index (κ2) is 7.89. The van der Waals surface area contributed by atoms with Gasteiger partial charge < -0.3 is 10.4 Å². The van der Waals surface area contributed by atoms with E-state index in [1.807, 2.05) is 30.3 Å². The molecule has 2 amide bonds. The lowest BCUT2D eigenvalue weighted by Crippen LogP contribution is -2.40. The fraction of sp³-hybridized carbons (Fsp3) is 0.200. The number of rotatable bonds is 6. The molecule has 23 heavy (non-hydrogen) atoms. The standard InChI is InChI=1S/C15H14N2O4S2/c18-12(16-7-6-13(19)20)9-17-14(21)11(23-15(17)22)8-10-4-2-1-3-5-10/h1-5,8H,6-7,9H2,(H,16,18)(H,19,20). The average molecular weight is 350 g/mol. The molecule has 1 aromatic rings. The van der Waals surface area contributed by atoms with Gasteiger partial charge in [-0.15, -0.1) is 0 Å². The van der Waals surface area contributed by atoms with E-state index >= 15 is 0 Å². The highest BCUT2D eigenvalue weighted by molar-refractivity contribution is 8.26. The monoisotopic (exact) mass is 350 g/mol. The van der Waals surface area contributed by atoms with Gasteiger partial charge in [0.05, 0.1) is 11.3 Å². The summed E-state index contributed by atoms with van der Waals surface area (Å²) in [4.78, 5) is 36.1. The second-order valence-electron chi connectivity index (χ2n) is 4.67. The van der Waals surface area contributed by atoms with Crippen LogP contribution < -0.4 is 5.32 Å². The van der Waals surface area contributed by atoms with E-state index in [2.05, 4.69) is 5.32 Å². The van der Waals surface area contributed by atoms with Gasteiger partial charge in [0, 0.05) is 6.54 Å². The first kappa shape index (κ1) is 17.2. The summed E-state index contributed by atoms with van der Waals surface area (Å²) >= 11 is 6.28. The molecule has 1 aromatic carbocycles. The Balaban J connectivity index is 1.97. The summed E-state index contributed by atoms with van der Waals surface area (Å²) in [5, 5.41) is 11.0. The molecule has 2 rings (SSSR count). The molecule has 6 nitrogen and oxygen atoms in total. The Morgan fingerprint density at radius 3 is 2.65 bits per heavy atom. The van der Waals surface area contributed by atoms with Crippen LogP contribution >= 0.6 is 24.0 Å². The zero-order valence-corrected chi connectivity index (χ0v) is 13.7. The zero-order valence-electron chi connectivity index (χ0n) is 12.0. The van der Waals surface area contributed by atoms with Crippen LogP contribution in [0.2, 0.25) is 0 Å². The number of carbonyl (C=O) groups excluding carboxylic acids is 2. The van der Waals surface area contributed by atoms with Crippen LogP contribution in [-0.4, -0.2) is 45.2 Å². The molecule has 0 atom stereocenters. The number of benzene rings is 1. The highest BCUT2D eigenvalue weighted by Gasteiger charge is 2.33. The van der Waals surface area contributed by atoms with Gasteiger partial charge in [0.25, 0.3) is 5.91 Å². The van der Waals surface area contributed by atoms with E-state index in [1.54, 1.807) is 6.08 Å². The molecule has 1 heterocycles. The predicted octanol–water partition coefficient (Wildman–Crippen LogP) is 1.48. The fourth-order valence-corrected chi connectivity index (χ4v) is 3.10. The van der Waals surface area contributed by atoms with E-state index in [9.17, 15) is 14.4 Å². The van der Waals surface area contributed by atoms with Crippen LogP contribution in [0.1, 0.15) is 12.0 Å². The van der Waals surface area contributed by atoms with Crippen LogP contribution in [-0.2, 0) is 14.4 Å². The Labute approximate surface area is 142 Å². The molecule has 0 unspecified atom stereocenters. The molecule has 0 radical (unpaired) electrons. The Morgan fingerprint density at radius 1 is 1.30 bits per heavy atom. The van der Waals surface area contributed by atoms with Gasteiger partial charge in [-0.2, -0.15) is 0 Å². The van der Waals surface area contributed by atoms with Crippen LogP contribution in [0.5, 0.6) is 0 Å². The molecule has 1 fully saturated rings. The third kappa shape index (κ3) is 4.90. The van der Waals surface area contributed by atoms with Gasteiger partial charge in [-0.25, -0.2) is 0 Å². The van der Waals surface area contributed by atoms with E-state index in [1.165, 1.54) is 4.90 Å². The number of carboxylic acid groups (broad SMARTS) is 1. The summed E-state index contributed by atoms with van der Waals surface area (Å²) < 4.78 is 0.311. The Kier molecular flexibility index (Phi) is 5.89. The number of amides is 2. The van der Waals surface area contributed by atoms with Crippen LogP contribution in [0.15, 0.2) is 35.2 Å². The molecular weight excluding hydrogens is 336 g/mol. The summed E-state index contributed by atoms with van der Waals surface area (Å²) in [6, 6.07) is 9.34. The largest absolute Gasteiger partial charge is 0.481 e. The van der Waals surface area contributed by atoms with Crippen molar-refractivity contribution >= 4 is 52.2 Å². The number of nitrogens with zero attached hydrogens (tertiary/aromatic N) is 1. The molecule has 1 saturated heterocycles. The number of hydrogen-bond donors (Lipinski definition) is 2. The van der Waals surface area contributed by atoms with Crippen molar-refractivity contribution in [1.29, 1.82) is 0 Å². The van der Waals surface area contributed by atoms with E-state index in [0.717, 1.165) is 17.3 Å². The van der Waals surface area contributed by atoms with Crippen molar-refractivity contribution in [3.05, 3.63) is 40.8 Å². The number of carboxylic acids is 1. The molecule has 0 saturated carbocycles. The first-order chi connectivity index (χ1) is 11.0. The van der Waals surface area contributed by atoms with Crippen molar-refractivity contribution in [3.8, 4) is 0 Å². The lowest BCUT2D eigenvalue weighted by molar-refractivity contribution is -0.137. The first-order valence-corrected chi connectivity index (χ1v) is 7.99. The Morgan fingerprint density at radius 2 is 2.00 bits per heavy atom. The highest BCUT2D eigenvalue weighted by Crippen LogP contribution is 2.32. The molecule has 0 aromatic heterocycles. The summed E-state index contributed by atoms with van der Waals surface area (Å²) in [6.07, 6.45) is 1.56. The quantitative estimate of drug-likeness (QED) is 0.597. The second-order valence-corrected chi connectivity index (χ2v) is 6.35. The van der Waals surface area contributed by atoms with Gasteiger partial charge in [0.2, 0.25) is 5.91 Å². The van der Waals surface area contributed by atoms with Crippen molar-refractivity contribution < 1.29 is 19.5 Å². The minimum Gasteiger partial charge on any atom is -0.481 e. The molecule has 0 bridgehead atoms. The topological polar surface area (TPSA) is 86.7 Å². The Bertz CT molecular complexity index is 673. The van der Waals surface area contributed by atoms with Crippen molar-refractivity contribution in [3.63, 3.8) is 0 Å². The van der Waals surface area contributed by atoms with Crippen molar-refractivity contribution in [2.45, 2.75) is 6.42 Å². The number of thioether (sulfide) groups is 1. The van der Waals surface area contributed by atoms with Crippen LogP contribution in [0.3, 0.4) is 0 Å². The maximum absolute atomic E-state index is 12.3. The van der Waals surface area contributed by atoms with Gasteiger partial charge in [-0.05, 0) is 11.6 Å². The van der Waals surface area contributed by atoms with Crippen LogP contribution in [0.25, 0.3) is 6.08 Å². The van der Waals surface area contributed by atoms with Gasteiger partial charge in [-0.1, -0.05) is 54.3 Å². The smallest absolute Gasteiger partial charge is 0.305 e. The summed E-state index contributed by atoms with van der Waals surface area (Å²) in [6.45, 7) is -0.195. The number of nitrogens with one attached hydrogen (secondary N) is 1. The van der Waals surface area contributed by atoms with Gasteiger partial charge >= 0.3 is 5.97 Å². The summed E-state index contributed by atoms with van der Waals surface area (Å²) in [5.74, 6) is -1.76. The molecular formula is C15H14N2O4S2. The number of aliphatic carboxylic acids is 1. The minimum atomic E-state index is -0.998. The van der Waals surface area contributed by atoms with E-state index < -0.39 is 11.9 Å². The lowest BCUT2D eigenvalue weighted by atomic mass is 10.2. The van der Waals surface area contributed by atoms with E-state index in [4.69, 9.17) is 17.3 Å². The highest BCUT2D eigenvalue weighted by atomic mass is 32.2. The number of carbonyl (C=O) groups is 3. The minimum absolute atomic E-state index is 0.0167. The van der Waals surface area contributed by atoms with Crippen LogP contribution in [0.4, 0.5) is 0 Å². The third-order valence-corrected chi connectivity index (χ3v) is 4.31. The van der Waals surface area contributed by atoms with Gasteiger partial charge in [0.1, 0.15) is 10.9 Å². The molecule has 0 aliphatic carbocycles. The van der Waals surface area contributed by atoms with Crippen molar-refractivity contribution in [1.82, 2.24) is 10.2 Å².